The highest BCUT2D eigenvalue weighted by Crippen LogP contribution is 2.37. The van der Waals surface area contributed by atoms with Gasteiger partial charge in [-0.05, 0) is 6.07 Å². The average molecular weight is 248 g/mol. The zero-order valence-corrected chi connectivity index (χ0v) is 10.5. The molecule has 88 valence electrons. The Hall–Kier alpha value is -1.62. The van der Waals surface area contributed by atoms with E-state index in [1.165, 1.54) is 0 Å². The number of rotatable bonds is 0. The first kappa shape index (κ1) is 10.5. The summed E-state index contributed by atoms with van der Waals surface area (Å²) in [7, 11) is -0.672. The van der Waals surface area contributed by atoms with E-state index < -0.39 is 9.73 Å². The molecular formula is C12H12N2O2S. The molecule has 1 amide bonds. The van der Waals surface area contributed by atoms with Gasteiger partial charge in [0, 0.05) is 18.9 Å². The molecular weight excluding hydrogens is 236 g/mol. The number of benzene rings is 1. The van der Waals surface area contributed by atoms with Crippen LogP contribution in [-0.4, -0.2) is 34.9 Å². The number of nitrogens with zero attached hydrogens (tertiary/aromatic N) is 2. The van der Waals surface area contributed by atoms with Gasteiger partial charge in [0.2, 0.25) is 0 Å². The second-order valence-corrected chi connectivity index (χ2v) is 6.60. The highest BCUT2D eigenvalue weighted by atomic mass is 32.2. The molecule has 0 N–H and O–H groups in total. The summed E-state index contributed by atoms with van der Waals surface area (Å²) in [6.07, 6.45) is 1.62. The largest absolute Gasteiger partial charge is 0.336 e. The number of fused-ring (bicyclic) bond motifs is 2. The number of hydrogen-bond donors (Lipinski definition) is 0. The van der Waals surface area contributed by atoms with Crippen molar-refractivity contribution in [2.24, 2.45) is 4.36 Å². The zero-order chi connectivity index (χ0) is 12.2. The highest BCUT2D eigenvalue weighted by Gasteiger charge is 2.34. The first-order chi connectivity index (χ1) is 8.00. The molecule has 3 rings (SSSR count). The van der Waals surface area contributed by atoms with E-state index in [0.29, 0.717) is 22.7 Å². The van der Waals surface area contributed by atoms with E-state index >= 15 is 0 Å². The number of likely N-dealkylation sites (N-methyl/N-ethyl adjacent to an activating group) is 1. The maximum Gasteiger partial charge on any atom is 0.256 e. The molecule has 2 heterocycles. The smallest absolute Gasteiger partial charge is 0.256 e. The van der Waals surface area contributed by atoms with Crippen LogP contribution >= 0.6 is 0 Å². The Bertz CT molecular complexity index is 682. The van der Waals surface area contributed by atoms with Crippen LogP contribution in [0.1, 0.15) is 5.56 Å². The van der Waals surface area contributed by atoms with Crippen molar-refractivity contribution in [1.82, 2.24) is 4.90 Å². The summed E-state index contributed by atoms with van der Waals surface area (Å²) in [6, 6.07) is 7.32. The third-order valence-electron chi connectivity index (χ3n) is 3.08. The topological polar surface area (TPSA) is 49.7 Å². The lowest BCUT2D eigenvalue weighted by molar-refractivity contribution is -0.122. The molecule has 1 aromatic carbocycles. The zero-order valence-electron chi connectivity index (χ0n) is 9.64. The molecule has 2 aliphatic rings. The first-order valence-electron chi connectivity index (χ1n) is 5.31. The van der Waals surface area contributed by atoms with E-state index in [0.717, 1.165) is 5.56 Å². The minimum Gasteiger partial charge on any atom is -0.336 e. The Morgan fingerprint density at radius 2 is 2.06 bits per heavy atom. The van der Waals surface area contributed by atoms with E-state index in [1.54, 1.807) is 24.3 Å². The predicted octanol–water partition coefficient (Wildman–Crippen LogP) is 1.34. The Morgan fingerprint density at radius 1 is 1.35 bits per heavy atom. The van der Waals surface area contributed by atoms with E-state index in [-0.39, 0.29) is 5.91 Å². The van der Waals surface area contributed by atoms with Crippen LogP contribution in [0.2, 0.25) is 0 Å². The summed E-state index contributed by atoms with van der Waals surface area (Å²) in [5, 5.41) is 0. The first-order valence-corrected chi connectivity index (χ1v) is 7.23. The summed E-state index contributed by atoms with van der Waals surface area (Å²) >= 11 is 0. The average Bonchev–Trinajstić information content (AvgIpc) is 2.54. The van der Waals surface area contributed by atoms with Gasteiger partial charge in [-0.3, -0.25) is 4.79 Å². The van der Waals surface area contributed by atoms with Gasteiger partial charge < -0.3 is 4.90 Å². The molecule has 0 aromatic heterocycles. The molecule has 1 unspecified atom stereocenters. The molecule has 0 aliphatic carbocycles. The summed E-state index contributed by atoms with van der Waals surface area (Å²) in [6.45, 7) is 0.452. The van der Waals surface area contributed by atoms with Gasteiger partial charge in [-0.15, -0.1) is 0 Å². The van der Waals surface area contributed by atoms with Crippen molar-refractivity contribution >= 4 is 21.2 Å². The van der Waals surface area contributed by atoms with Crippen LogP contribution in [0, 0.1) is 0 Å². The minimum atomic E-state index is -2.40. The predicted molar refractivity (Wildman–Crippen MR) is 65.8 cm³/mol. The van der Waals surface area contributed by atoms with Gasteiger partial charge in [-0.2, -0.15) is 4.36 Å². The van der Waals surface area contributed by atoms with E-state index in [1.807, 2.05) is 18.2 Å². The normalized spacial score (nSPS) is 26.7. The summed E-state index contributed by atoms with van der Waals surface area (Å²) in [4.78, 5) is 14.3. The SMILES string of the molecule is CN1CC2=C(C1=O)c1ccccc1S(C)(=O)=N2. The molecule has 4 nitrogen and oxygen atoms in total. The van der Waals surface area contributed by atoms with Crippen molar-refractivity contribution in [2.45, 2.75) is 4.90 Å². The van der Waals surface area contributed by atoms with Crippen molar-refractivity contribution in [3.8, 4) is 0 Å². The van der Waals surface area contributed by atoms with Gasteiger partial charge in [0.05, 0.1) is 32.4 Å². The fraction of sp³-hybridized carbons (Fsp3) is 0.250. The van der Waals surface area contributed by atoms with Crippen LogP contribution in [-0.2, 0) is 14.5 Å². The van der Waals surface area contributed by atoms with E-state index in [9.17, 15) is 9.00 Å². The summed E-state index contributed by atoms with van der Waals surface area (Å²) < 4.78 is 16.7. The monoisotopic (exact) mass is 248 g/mol. The minimum absolute atomic E-state index is 0.0360. The van der Waals surface area contributed by atoms with Gasteiger partial charge >= 0.3 is 0 Å². The Morgan fingerprint density at radius 3 is 2.82 bits per heavy atom. The van der Waals surface area contributed by atoms with Crippen molar-refractivity contribution in [3.05, 3.63) is 35.5 Å². The maximum absolute atomic E-state index is 12.5. The van der Waals surface area contributed by atoms with E-state index in [2.05, 4.69) is 4.36 Å². The van der Waals surface area contributed by atoms with Crippen LogP contribution in [0.15, 0.2) is 39.2 Å². The molecule has 0 saturated carbocycles. The molecule has 0 saturated heterocycles. The van der Waals surface area contributed by atoms with Crippen molar-refractivity contribution in [3.63, 3.8) is 0 Å². The molecule has 0 radical (unpaired) electrons. The lowest BCUT2D eigenvalue weighted by Crippen LogP contribution is -2.21. The summed E-state index contributed by atoms with van der Waals surface area (Å²) in [5.74, 6) is -0.0360. The number of carbonyl (C=O) groups is 1. The van der Waals surface area contributed by atoms with Crippen LogP contribution in [0.3, 0.4) is 0 Å². The lowest BCUT2D eigenvalue weighted by Gasteiger charge is -2.16. The Balaban J connectivity index is 2.38. The second kappa shape index (κ2) is 3.20. The lowest BCUT2D eigenvalue weighted by atomic mass is 10.1. The summed E-state index contributed by atoms with van der Waals surface area (Å²) in [5.41, 5.74) is 2.05. The van der Waals surface area contributed by atoms with E-state index in [4.69, 9.17) is 0 Å². The molecule has 17 heavy (non-hydrogen) atoms. The quantitative estimate of drug-likeness (QED) is 0.695. The van der Waals surface area contributed by atoms with Crippen molar-refractivity contribution < 1.29 is 9.00 Å². The molecule has 1 atom stereocenters. The molecule has 0 spiro atoms. The molecule has 0 fully saturated rings. The third kappa shape index (κ3) is 1.35. The number of carbonyl (C=O) groups excluding carboxylic acids is 1. The van der Waals surface area contributed by atoms with Gasteiger partial charge in [0.1, 0.15) is 0 Å². The van der Waals surface area contributed by atoms with Gasteiger partial charge in [-0.1, -0.05) is 18.2 Å². The number of hydrogen-bond acceptors (Lipinski definition) is 3. The van der Waals surface area contributed by atoms with Crippen LogP contribution in [0.4, 0.5) is 0 Å². The van der Waals surface area contributed by atoms with Gasteiger partial charge in [-0.25, -0.2) is 4.21 Å². The third-order valence-corrected chi connectivity index (χ3v) is 4.83. The second-order valence-electron chi connectivity index (χ2n) is 4.37. The molecule has 5 heteroatoms. The molecule has 0 bridgehead atoms. The van der Waals surface area contributed by atoms with Crippen molar-refractivity contribution in [2.75, 3.05) is 19.8 Å². The Kier molecular flexibility index (Phi) is 1.98. The standard InChI is InChI=1S/C12H12N2O2S/c1-14-7-9-11(12(14)15)8-5-3-4-6-10(8)17(2,16)13-9/h3-6H,7H2,1-2H3. The fourth-order valence-electron chi connectivity index (χ4n) is 2.30. The molecule has 2 aliphatic heterocycles. The van der Waals surface area contributed by atoms with Crippen LogP contribution in [0.25, 0.3) is 5.57 Å². The Labute approximate surface area is 100 Å². The highest BCUT2D eigenvalue weighted by molar-refractivity contribution is 7.93. The molecule has 1 aromatic rings. The van der Waals surface area contributed by atoms with Gasteiger partial charge in [0.25, 0.3) is 5.91 Å². The fourth-order valence-corrected chi connectivity index (χ4v) is 3.87. The number of amides is 1. The van der Waals surface area contributed by atoms with Crippen LogP contribution < -0.4 is 0 Å². The maximum atomic E-state index is 12.5. The van der Waals surface area contributed by atoms with Crippen LogP contribution in [0.5, 0.6) is 0 Å². The van der Waals surface area contributed by atoms with Crippen molar-refractivity contribution in [1.29, 1.82) is 0 Å². The van der Waals surface area contributed by atoms with Gasteiger partial charge in [0.15, 0.2) is 0 Å².